The summed E-state index contributed by atoms with van der Waals surface area (Å²) < 4.78 is 5.09. The Morgan fingerprint density at radius 2 is 1.93 bits per heavy atom. The molecule has 0 spiro atoms. The fourth-order valence-electron chi connectivity index (χ4n) is 3.52. The Labute approximate surface area is 160 Å². The maximum atomic E-state index is 13.1. The van der Waals surface area contributed by atoms with Gasteiger partial charge in [-0.15, -0.1) is 0 Å². The predicted molar refractivity (Wildman–Crippen MR) is 105 cm³/mol. The van der Waals surface area contributed by atoms with Gasteiger partial charge in [0, 0.05) is 26.6 Å². The third-order valence-electron chi connectivity index (χ3n) is 5.05. The van der Waals surface area contributed by atoms with Crippen LogP contribution < -0.4 is 5.01 Å². The zero-order valence-corrected chi connectivity index (χ0v) is 16.1. The van der Waals surface area contributed by atoms with E-state index in [1.54, 1.807) is 16.8 Å². The molecule has 146 valence electrons. The van der Waals surface area contributed by atoms with Crippen molar-refractivity contribution in [3.63, 3.8) is 0 Å². The van der Waals surface area contributed by atoms with Crippen molar-refractivity contribution in [3.8, 4) is 0 Å². The lowest BCUT2D eigenvalue weighted by Gasteiger charge is -2.28. The molecule has 2 aliphatic heterocycles. The molecule has 2 aliphatic rings. The molecule has 1 aromatic rings. The number of carbonyl (C=O) groups excluding carboxylic acids is 2. The van der Waals surface area contributed by atoms with Crippen LogP contribution in [0.5, 0.6) is 0 Å². The first kappa shape index (κ1) is 19.4. The number of anilines is 1. The first-order chi connectivity index (χ1) is 13.1. The summed E-state index contributed by atoms with van der Waals surface area (Å²) in [5, 5.41) is 6.07. The van der Waals surface area contributed by atoms with Gasteiger partial charge in [0.15, 0.2) is 0 Å². The number of hydrazone groups is 1. The predicted octanol–water partition coefficient (Wildman–Crippen LogP) is 1.74. The van der Waals surface area contributed by atoms with Crippen molar-refractivity contribution in [1.29, 1.82) is 0 Å². The van der Waals surface area contributed by atoms with Gasteiger partial charge in [0.25, 0.3) is 0 Å². The van der Waals surface area contributed by atoms with Gasteiger partial charge in [-0.1, -0.05) is 18.2 Å². The van der Waals surface area contributed by atoms with Gasteiger partial charge in [0.05, 0.1) is 12.3 Å². The van der Waals surface area contributed by atoms with E-state index in [0.717, 1.165) is 25.3 Å². The summed E-state index contributed by atoms with van der Waals surface area (Å²) >= 11 is 0. The number of amides is 1. The molecule has 0 aromatic heterocycles. The van der Waals surface area contributed by atoms with Gasteiger partial charge < -0.3 is 14.5 Å². The standard InChI is InChI=1S/C20H28N4O3/c1-3-27-20(26)17-15-18(24(21-17)16-9-5-4-6-10-16)19(25)22(2)13-14-23-11-7-8-12-23/h4-6,9-10,18H,3,7-8,11-15H2,1-2H3. The smallest absolute Gasteiger partial charge is 0.354 e. The van der Waals surface area contributed by atoms with Crippen LogP contribution in [0.3, 0.4) is 0 Å². The van der Waals surface area contributed by atoms with E-state index in [1.807, 2.05) is 37.4 Å². The van der Waals surface area contributed by atoms with E-state index in [2.05, 4.69) is 10.0 Å². The van der Waals surface area contributed by atoms with Crippen molar-refractivity contribution >= 4 is 23.3 Å². The Hall–Kier alpha value is -2.41. The first-order valence-corrected chi connectivity index (χ1v) is 9.66. The number of ether oxygens (including phenoxy) is 1. The van der Waals surface area contributed by atoms with E-state index in [9.17, 15) is 9.59 Å². The molecule has 0 aliphatic carbocycles. The molecular formula is C20H28N4O3. The number of esters is 1. The molecule has 0 saturated carbocycles. The third-order valence-corrected chi connectivity index (χ3v) is 5.05. The van der Waals surface area contributed by atoms with Crippen molar-refractivity contribution in [2.24, 2.45) is 5.10 Å². The number of likely N-dealkylation sites (N-methyl/N-ethyl adjacent to an activating group) is 1. The van der Waals surface area contributed by atoms with E-state index >= 15 is 0 Å². The second kappa shape index (κ2) is 8.99. The minimum atomic E-state index is -0.518. The minimum Gasteiger partial charge on any atom is -0.461 e. The Morgan fingerprint density at radius 1 is 1.22 bits per heavy atom. The van der Waals surface area contributed by atoms with Gasteiger partial charge in [-0.05, 0) is 45.0 Å². The number of likely N-dealkylation sites (tertiary alicyclic amines) is 1. The molecule has 3 rings (SSSR count). The molecule has 2 heterocycles. The van der Waals surface area contributed by atoms with E-state index in [4.69, 9.17) is 4.74 Å². The van der Waals surface area contributed by atoms with Crippen LogP contribution in [0, 0.1) is 0 Å². The van der Waals surface area contributed by atoms with E-state index in [0.29, 0.717) is 12.3 Å². The minimum absolute atomic E-state index is 0.0268. The zero-order valence-electron chi connectivity index (χ0n) is 16.1. The summed E-state index contributed by atoms with van der Waals surface area (Å²) in [4.78, 5) is 29.4. The van der Waals surface area contributed by atoms with Crippen LogP contribution in [0.25, 0.3) is 0 Å². The van der Waals surface area contributed by atoms with Crippen LogP contribution >= 0.6 is 0 Å². The molecule has 0 radical (unpaired) electrons. The van der Waals surface area contributed by atoms with Crippen molar-refractivity contribution in [2.75, 3.05) is 44.8 Å². The number of para-hydroxylation sites is 1. The average Bonchev–Trinajstić information content (AvgIpc) is 3.36. The van der Waals surface area contributed by atoms with E-state index < -0.39 is 12.0 Å². The lowest BCUT2D eigenvalue weighted by Crippen LogP contribution is -2.46. The fourth-order valence-corrected chi connectivity index (χ4v) is 3.52. The normalized spacial score (nSPS) is 19.9. The Kier molecular flexibility index (Phi) is 6.45. The molecule has 7 heteroatoms. The molecule has 1 unspecified atom stereocenters. The lowest BCUT2D eigenvalue weighted by atomic mass is 10.1. The van der Waals surface area contributed by atoms with Crippen LogP contribution in [0.4, 0.5) is 5.69 Å². The van der Waals surface area contributed by atoms with Gasteiger partial charge in [-0.3, -0.25) is 9.80 Å². The van der Waals surface area contributed by atoms with Crippen LogP contribution in [-0.2, 0) is 14.3 Å². The molecular weight excluding hydrogens is 344 g/mol. The van der Waals surface area contributed by atoms with Crippen molar-refractivity contribution in [2.45, 2.75) is 32.2 Å². The Morgan fingerprint density at radius 3 is 2.59 bits per heavy atom. The summed E-state index contributed by atoms with van der Waals surface area (Å²) in [5.74, 6) is -0.477. The SMILES string of the molecule is CCOC(=O)C1=NN(c2ccccc2)C(C(=O)N(C)CCN2CCCC2)C1. The highest BCUT2D eigenvalue weighted by molar-refractivity contribution is 6.38. The van der Waals surface area contributed by atoms with Crippen molar-refractivity contribution < 1.29 is 14.3 Å². The maximum absolute atomic E-state index is 13.1. The van der Waals surface area contributed by atoms with Crippen LogP contribution in [0.15, 0.2) is 35.4 Å². The van der Waals surface area contributed by atoms with Gasteiger partial charge in [0.1, 0.15) is 11.8 Å². The molecule has 1 saturated heterocycles. The number of benzene rings is 1. The molecule has 27 heavy (non-hydrogen) atoms. The van der Waals surface area contributed by atoms with Crippen LogP contribution in [0.2, 0.25) is 0 Å². The second-order valence-corrected chi connectivity index (χ2v) is 6.98. The number of nitrogens with zero attached hydrogens (tertiary/aromatic N) is 4. The van der Waals surface area contributed by atoms with Gasteiger partial charge in [0.2, 0.25) is 5.91 Å². The lowest BCUT2D eigenvalue weighted by molar-refractivity contribution is -0.135. The van der Waals surface area contributed by atoms with Gasteiger partial charge in [-0.2, -0.15) is 5.10 Å². The quantitative estimate of drug-likeness (QED) is 0.682. The number of hydrogen-bond acceptors (Lipinski definition) is 6. The molecule has 1 aromatic carbocycles. The summed E-state index contributed by atoms with van der Waals surface area (Å²) in [7, 11) is 1.82. The van der Waals surface area contributed by atoms with Crippen LogP contribution in [0.1, 0.15) is 26.2 Å². The first-order valence-electron chi connectivity index (χ1n) is 9.66. The third kappa shape index (κ3) is 4.66. The molecule has 7 nitrogen and oxygen atoms in total. The molecule has 1 amide bonds. The monoisotopic (exact) mass is 372 g/mol. The zero-order chi connectivity index (χ0) is 19.2. The fraction of sp³-hybridized carbons (Fsp3) is 0.550. The van der Waals surface area contributed by atoms with E-state index in [1.165, 1.54) is 12.8 Å². The second-order valence-electron chi connectivity index (χ2n) is 6.98. The summed E-state index contributed by atoms with van der Waals surface area (Å²) in [5.41, 5.74) is 1.09. The highest BCUT2D eigenvalue weighted by atomic mass is 16.5. The number of carbonyl (C=O) groups is 2. The van der Waals surface area contributed by atoms with Gasteiger partial charge >= 0.3 is 5.97 Å². The van der Waals surface area contributed by atoms with Crippen molar-refractivity contribution in [1.82, 2.24) is 9.80 Å². The molecule has 0 bridgehead atoms. The summed E-state index contributed by atoms with van der Waals surface area (Å²) in [6.07, 6.45) is 2.73. The number of hydrogen-bond donors (Lipinski definition) is 0. The molecule has 0 N–H and O–H groups in total. The maximum Gasteiger partial charge on any atom is 0.354 e. The molecule has 1 fully saturated rings. The van der Waals surface area contributed by atoms with Crippen LogP contribution in [-0.4, -0.2) is 73.3 Å². The number of rotatable bonds is 7. The van der Waals surface area contributed by atoms with Crippen molar-refractivity contribution in [3.05, 3.63) is 30.3 Å². The topological polar surface area (TPSA) is 65.5 Å². The Balaban J connectivity index is 1.71. The highest BCUT2D eigenvalue weighted by Gasteiger charge is 2.38. The largest absolute Gasteiger partial charge is 0.461 e. The van der Waals surface area contributed by atoms with E-state index in [-0.39, 0.29) is 18.9 Å². The molecule has 1 atom stereocenters. The van der Waals surface area contributed by atoms with Gasteiger partial charge in [-0.25, -0.2) is 4.79 Å². The highest BCUT2D eigenvalue weighted by Crippen LogP contribution is 2.26. The average molecular weight is 372 g/mol. The Bertz CT molecular complexity index is 686. The summed E-state index contributed by atoms with van der Waals surface area (Å²) in [6.45, 7) is 5.82. The summed E-state index contributed by atoms with van der Waals surface area (Å²) in [6, 6.07) is 8.96.